The van der Waals surface area contributed by atoms with E-state index in [-0.39, 0.29) is 23.5 Å². The molecule has 2 saturated heterocycles. The number of unbranched alkanes of at least 4 members (excludes halogenated alkanes) is 1. The van der Waals surface area contributed by atoms with Gasteiger partial charge in [-0.15, -0.1) is 0 Å². The van der Waals surface area contributed by atoms with E-state index in [0.29, 0.717) is 18.8 Å². The lowest BCUT2D eigenvalue weighted by Gasteiger charge is -2.39. The van der Waals surface area contributed by atoms with Crippen LogP contribution in [-0.4, -0.2) is 88.1 Å². The standard InChI is InChI=1S/C26H35N5O3/c1-19-24(33)30(13-3-2-12-29-14-10-26(8-9-26)23(32)18-29)15-16-31(19)25(34)28-21-6-7-22-20(17-21)5-4-11-27-22/h4-7,11,17,19,23,32H,2-3,8-10,12-16,18H2,1H3,(H,28,34). The number of benzene rings is 1. The van der Waals surface area contributed by atoms with Crippen LogP contribution in [0.25, 0.3) is 10.9 Å². The molecule has 2 aromatic rings. The molecular weight excluding hydrogens is 430 g/mol. The minimum absolute atomic E-state index is 0.00758. The predicted molar refractivity (Wildman–Crippen MR) is 131 cm³/mol. The number of nitrogens with one attached hydrogen (secondary N) is 1. The van der Waals surface area contributed by atoms with Gasteiger partial charge in [0.2, 0.25) is 5.91 Å². The van der Waals surface area contributed by atoms with E-state index in [0.717, 1.165) is 56.3 Å². The van der Waals surface area contributed by atoms with Crippen molar-refractivity contribution < 1.29 is 14.7 Å². The summed E-state index contributed by atoms with van der Waals surface area (Å²) < 4.78 is 0. The van der Waals surface area contributed by atoms with Crippen molar-refractivity contribution in [3.8, 4) is 0 Å². The van der Waals surface area contributed by atoms with Gasteiger partial charge < -0.3 is 25.1 Å². The molecule has 2 N–H and O–H groups in total. The molecule has 3 amide bonds. The van der Waals surface area contributed by atoms with Gasteiger partial charge in [0.05, 0.1) is 11.6 Å². The summed E-state index contributed by atoms with van der Waals surface area (Å²) in [7, 11) is 0. The van der Waals surface area contributed by atoms with Crippen LogP contribution < -0.4 is 5.32 Å². The van der Waals surface area contributed by atoms with Gasteiger partial charge in [-0.2, -0.15) is 0 Å². The molecule has 8 nitrogen and oxygen atoms in total. The van der Waals surface area contributed by atoms with E-state index < -0.39 is 6.04 Å². The van der Waals surface area contributed by atoms with Crippen molar-refractivity contribution in [2.24, 2.45) is 5.41 Å². The van der Waals surface area contributed by atoms with E-state index in [2.05, 4.69) is 15.2 Å². The number of nitrogens with zero attached hydrogens (tertiary/aromatic N) is 4. The number of piperidine rings is 1. The van der Waals surface area contributed by atoms with Crippen LogP contribution in [0, 0.1) is 5.41 Å². The van der Waals surface area contributed by atoms with Crippen LogP contribution in [0.1, 0.15) is 39.0 Å². The number of β-amino-alcohol motifs (C(OH)–C–C–N with tert-alkyl or cyclic N) is 1. The van der Waals surface area contributed by atoms with Crippen molar-refractivity contribution in [2.45, 2.75) is 51.2 Å². The number of anilines is 1. The zero-order chi connectivity index (χ0) is 23.7. The van der Waals surface area contributed by atoms with E-state index in [4.69, 9.17) is 0 Å². The van der Waals surface area contributed by atoms with Gasteiger partial charge >= 0.3 is 6.03 Å². The fourth-order valence-electron chi connectivity index (χ4n) is 5.44. The molecule has 182 valence electrons. The highest BCUT2D eigenvalue weighted by Crippen LogP contribution is 2.53. The Morgan fingerprint density at radius 2 is 1.97 bits per heavy atom. The third-order valence-corrected chi connectivity index (χ3v) is 7.97. The highest BCUT2D eigenvalue weighted by Gasteiger charge is 2.51. The van der Waals surface area contributed by atoms with Gasteiger partial charge in [0, 0.05) is 43.4 Å². The Kier molecular flexibility index (Phi) is 6.44. The molecule has 1 aliphatic carbocycles. The molecule has 1 aromatic carbocycles. The lowest BCUT2D eigenvalue weighted by molar-refractivity contribution is -0.139. The van der Waals surface area contributed by atoms with Crippen molar-refractivity contribution in [3.63, 3.8) is 0 Å². The minimum Gasteiger partial charge on any atom is -0.391 e. The second kappa shape index (κ2) is 9.50. The highest BCUT2D eigenvalue weighted by molar-refractivity contribution is 5.96. The largest absolute Gasteiger partial charge is 0.391 e. The number of likely N-dealkylation sites (tertiary alicyclic amines) is 1. The Balaban J connectivity index is 1.07. The fourth-order valence-corrected chi connectivity index (χ4v) is 5.44. The van der Waals surface area contributed by atoms with Gasteiger partial charge in [-0.3, -0.25) is 9.78 Å². The molecule has 1 spiro atoms. The average molecular weight is 466 g/mol. The first-order valence-electron chi connectivity index (χ1n) is 12.6. The number of rotatable bonds is 6. The van der Waals surface area contributed by atoms with Gasteiger partial charge in [-0.25, -0.2) is 4.79 Å². The number of aliphatic hydroxyl groups is 1. The predicted octanol–water partition coefficient (Wildman–Crippen LogP) is 2.93. The van der Waals surface area contributed by atoms with Crippen molar-refractivity contribution in [3.05, 3.63) is 36.5 Å². The molecule has 0 radical (unpaired) electrons. The van der Waals surface area contributed by atoms with Crippen molar-refractivity contribution in [2.75, 3.05) is 44.6 Å². The quantitative estimate of drug-likeness (QED) is 0.641. The van der Waals surface area contributed by atoms with E-state index in [1.165, 1.54) is 12.8 Å². The lowest BCUT2D eigenvalue weighted by atomic mass is 9.90. The molecule has 1 saturated carbocycles. The molecule has 3 fully saturated rings. The number of fused-ring (bicyclic) bond motifs is 1. The van der Waals surface area contributed by atoms with Gasteiger partial charge in [-0.1, -0.05) is 6.07 Å². The maximum absolute atomic E-state index is 12.9. The average Bonchev–Trinajstić information content (AvgIpc) is 3.62. The Morgan fingerprint density at radius 3 is 2.76 bits per heavy atom. The Bertz CT molecular complexity index is 1060. The third-order valence-electron chi connectivity index (χ3n) is 7.97. The van der Waals surface area contributed by atoms with E-state index >= 15 is 0 Å². The molecule has 0 bridgehead atoms. The molecule has 3 aliphatic rings. The van der Waals surface area contributed by atoms with Crippen molar-refractivity contribution in [1.29, 1.82) is 0 Å². The summed E-state index contributed by atoms with van der Waals surface area (Å²) in [5.41, 5.74) is 1.82. The molecule has 5 rings (SSSR count). The van der Waals surface area contributed by atoms with E-state index in [1.54, 1.807) is 18.0 Å². The maximum atomic E-state index is 12.9. The second-order valence-corrected chi connectivity index (χ2v) is 10.2. The summed E-state index contributed by atoms with van der Waals surface area (Å²) in [6.07, 6.45) is 7.01. The number of piperazine rings is 1. The van der Waals surface area contributed by atoms with E-state index in [9.17, 15) is 14.7 Å². The van der Waals surface area contributed by atoms with E-state index in [1.807, 2.05) is 35.2 Å². The molecule has 8 heteroatoms. The minimum atomic E-state index is -0.483. The summed E-state index contributed by atoms with van der Waals surface area (Å²) in [6.45, 7) is 6.45. The number of pyridine rings is 1. The molecule has 34 heavy (non-hydrogen) atoms. The number of carbonyl (C=O) groups is 2. The van der Waals surface area contributed by atoms with Crippen LogP contribution in [0.15, 0.2) is 36.5 Å². The first kappa shape index (κ1) is 23.1. The molecular formula is C26H35N5O3. The van der Waals surface area contributed by atoms with Crippen LogP contribution in [0.2, 0.25) is 0 Å². The number of amides is 3. The zero-order valence-electron chi connectivity index (χ0n) is 19.9. The summed E-state index contributed by atoms with van der Waals surface area (Å²) in [6, 6.07) is 8.71. The number of urea groups is 1. The van der Waals surface area contributed by atoms with Crippen LogP contribution in [0.3, 0.4) is 0 Å². The van der Waals surface area contributed by atoms with Crippen LogP contribution in [0.4, 0.5) is 10.5 Å². The number of aromatic nitrogens is 1. The maximum Gasteiger partial charge on any atom is 0.322 e. The summed E-state index contributed by atoms with van der Waals surface area (Å²) in [5, 5.41) is 14.3. The van der Waals surface area contributed by atoms with Gasteiger partial charge in [0.1, 0.15) is 6.04 Å². The Hall–Kier alpha value is -2.71. The number of carbonyl (C=O) groups excluding carboxylic acids is 2. The molecule has 2 atom stereocenters. The Morgan fingerprint density at radius 1 is 1.15 bits per heavy atom. The third kappa shape index (κ3) is 4.74. The topological polar surface area (TPSA) is 89.0 Å². The zero-order valence-corrected chi connectivity index (χ0v) is 19.9. The van der Waals surface area contributed by atoms with Gasteiger partial charge in [-0.05, 0) is 81.8 Å². The van der Waals surface area contributed by atoms with Crippen molar-refractivity contribution in [1.82, 2.24) is 19.7 Å². The fraction of sp³-hybridized carbons (Fsp3) is 0.577. The molecule has 2 aliphatic heterocycles. The smallest absolute Gasteiger partial charge is 0.322 e. The van der Waals surface area contributed by atoms with Crippen LogP contribution in [-0.2, 0) is 4.79 Å². The van der Waals surface area contributed by atoms with Gasteiger partial charge in [0.25, 0.3) is 0 Å². The number of aliphatic hydroxyl groups excluding tert-OH is 1. The van der Waals surface area contributed by atoms with Gasteiger partial charge in [0.15, 0.2) is 0 Å². The van der Waals surface area contributed by atoms with Crippen LogP contribution in [0.5, 0.6) is 0 Å². The molecule has 1 aromatic heterocycles. The lowest BCUT2D eigenvalue weighted by Crippen LogP contribution is -2.58. The summed E-state index contributed by atoms with van der Waals surface area (Å²) in [5.74, 6) is 0.00758. The van der Waals surface area contributed by atoms with Crippen LogP contribution >= 0.6 is 0 Å². The Labute approximate surface area is 200 Å². The second-order valence-electron chi connectivity index (χ2n) is 10.2. The first-order chi connectivity index (χ1) is 16.4. The summed E-state index contributed by atoms with van der Waals surface area (Å²) in [4.78, 5) is 36.0. The summed E-state index contributed by atoms with van der Waals surface area (Å²) >= 11 is 0. The monoisotopic (exact) mass is 465 g/mol. The SMILES string of the molecule is CC1C(=O)N(CCCCN2CCC3(CC3)C(O)C2)CCN1C(=O)Nc1ccc2ncccc2c1. The van der Waals surface area contributed by atoms with Crippen molar-refractivity contribution >= 4 is 28.5 Å². The number of hydrogen-bond donors (Lipinski definition) is 2. The highest BCUT2D eigenvalue weighted by atomic mass is 16.3. The normalized spacial score (nSPS) is 24.6. The molecule has 2 unspecified atom stereocenters. The number of hydrogen-bond acceptors (Lipinski definition) is 5. The molecule has 3 heterocycles. The first-order valence-corrected chi connectivity index (χ1v) is 12.6.